The summed E-state index contributed by atoms with van der Waals surface area (Å²) in [6, 6.07) is 8.59. The number of benzene rings is 1. The second kappa shape index (κ2) is 9.14. The number of carbonyl (C=O) groups excluding carboxylic acids is 1. The van der Waals surface area contributed by atoms with Crippen molar-refractivity contribution in [3.63, 3.8) is 0 Å². The van der Waals surface area contributed by atoms with Crippen molar-refractivity contribution >= 4 is 5.91 Å². The van der Waals surface area contributed by atoms with E-state index in [0.29, 0.717) is 32.0 Å². The van der Waals surface area contributed by atoms with Crippen LogP contribution in [0.4, 0.5) is 4.39 Å². The maximum Gasteiger partial charge on any atom is 0.237 e. The summed E-state index contributed by atoms with van der Waals surface area (Å²) in [4.78, 5) is 17.0. The lowest BCUT2D eigenvalue weighted by Crippen LogP contribution is -2.50. The molecule has 0 spiro atoms. The Kier molecular flexibility index (Phi) is 7.16. The number of carbonyl (C=O) groups is 1. The smallest absolute Gasteiger partial charge is 0.237 e. The van der Waals surface area contributed by atoms with Gasteiger partial charge in [0.05, 0.1) is 12.6 Å². The third-order valence-corrected chi connectivity index (χ3v) is 4.98. The Morgan fingerprint density at radius 1 is 1.35 bits per heavy atom. The van der Waals surface area contributed by atoms with Crippen LogP contribution in [0, 0.1) is 23.1 Å². The largest absolute Gasteiger partial charge is 0.332 e. The summed E-state index contributed by atoms with van der Waals surface area (Å²) in [7, 11) is 0. The Bertz CT molecular complexity index is 643. The highest BCUT2D eigenvalue weighted by atomic mass is 19.1. The van der Waals surface area contributed by atoms with Crippen LogP contribution in [0.25, 0.3) is 0 Å². The Balaban J connectivity index is 2.07. The minimum atomic E-state index is -0.360. The fourth-order valence-electron chi connectivity index (χ4n) is 3.28. The maximum absolute atomic E-state index is 13.5. The lowest BCUT2D eigenvalue weighted by molar-refractivity contribution is -0.138. The lowest BCUT2D eigenvalue weighted by atomic mass is 9.85. The van der Waals surface area contributed by atoms with Crippen LogP contribution in [0.2, 0.25) is 0 Å². The van der Waals surface area contributed by atoms with Gasteiger partial charge in [0.2, 0.25) is 5.91 Å². The standard InChI is InChI=1S/C21H30FN3O/c1-21(2,3)25(15-18-9-5-10-19(22)13-18)20(26)16-24(12-6-11-23)14-17-7-4-8-17/h5,9-10,13,17H,4,6-8,12,14-16H2,1-3H3. The maximum atomic E-state index is 13.5. The van der Waals surface area contributed by atoms with Crippen molar-refractivity contribution in [3.05, 3.63) is 35.6 Å². The molecule has 0 N–H and O–H groups in total. The highest BCUT2D eigenvalue weighted by Crippen LogP contribution is 2.27. The Hall–Kier alpha value is -1.93. The molecule has 1 aromatic carbocycles. The first kappa shape index (κ1) is 20.4. The zero-order chi connectivity index (χ0) is 19.2. The zero-order valence-corrected chi connectivity index (χ0v) is 16.2. The molecule has 142 valence electrons. The van der Waals surface area contributed by atoms with Crippen molar-refractivity contribution in [2.45, 2.75) is 58.5 Å². The van der Waals surface area contributed by atoms with Gasteiger partial charge in [-0.15, -0.1) is 0 Å². The fraction of sp³-hybridized carbons (Fsp3) is 0.619. The number of nitriles is 1. The van der Waals surface area contributed by atoms with Gasteiger partial charge in [-0.1, -0.05) is 18.6 Å². The second-order valence-corrected chi connectivity index (χ2v) is 8.22. The van der Waals surface area contributed by atoms with Gasteiger partial charge in [-0.25, -0.2) is 4.39 Å². The SMILES string of the molecule is CC(C)(C)N(Cc1cccc(F)c1)C(=O)CN(CCC#N)CC1CCC1. The van der Waals surface area contributed by atoms with Crippen LogP contribution in [0.15, 0.2) is 24.3 Å². The van der Waals surface area contributed by atoms with Gasteiger partial charge in [-0.05, 0) is 57.2 Å². The molecule has 0 radical (unpaired) electrons. The van der Waals surface area contributed by atoms with Gasteiger partial charge in [0, 0.05) is 31.6 Å². The number of amides is 1. The molecule has 0 aromatic heterocycles. The number of halogens is 1. The van der Waals surface area contributed by atoms with Crippen LogP contribution >= 0.6 is 0 Å². The number of rotatable bonds is 8. The summed E-state index contributed by atoms with van der Waals surface area (Å²) in [5, 5.41) is 8.91. The fourth-order valence-corrected chi connectivity index (χ4v) is 3.28. The normalized spacial score (nSPS) is 14.8. The minimum absolute atomic E-state index is 0.0269. The third kappa shape index (κ3) is 6.10. The van der Waals surface area contributed by atoms with E-state index in [1.807, 2.05) is 31.7 Å². The summed E-state index contributed by atoms with van der Waals surface area (Å²) >= 11 is 0. The van der Waals surface area contributed by atoms with Crippen LogP contribution in [0.1, 0.15) is 52.0 Å². The van der Waals surface area contributed by atoms with Crippen molar-refractivity contribution < 1.29 is 9.18 Å². The second-order valence-electron chi connectivity index (χ2n) is 8.22. The molecule has 0 aliphatic heterocycles. The van der Waals surface area contributed by atoms with Crippen molar-refractivity contribution in [1.82, 2.24) is 9.80 Å². The topological polar surface area (TPSA) is 47.3 Å². The molecular formula is C21H30FN3O. The van der Waals surface area contributed by atoms with E-state index in [2.05, 4.69) is 11.0 Å². The predicted octanol–water partition coefficient (Wildman–Crippen LogP) is 3.97. The van der Waals surface area contributed by atoms with Crippen molar-refractivity contribution in [1.29, 1.82) is 5.26 Å². The summed E-state index contributed by atoms with van der Waals surface area (Å²) < 4.78 is 13.5. The minimum Gasteiger partial charge on any atom is -0.332 e. The number of hydrogen-bond donors (Lipinski definition) is 0. The third-order valence-electron chi connectivity index (χ3n) is 4.98. The summed E-state index contributed by atoms with van der Waals surface area (Å²) in [5.41, 5.74) is 0.427. The average molecular weight is 359 g/mol. The summed E-state index contributed by atoms with van der Waals surface area (Å²) in [5.74, 6) is 0.385. The Morgan fingerprint density at radius 2 is 2.08 bits per heavy atom. The molecule has 0 saturated heterocycles. The Morgan fingerprint density at radius 3 is 2.62 bits per heavy atom. The molecular weight excluding hydrogens is 329 g/mol. The van der Waals surface area contributed by atoms with E-state index in [0.717, 1.165) is 12.1 Å². The zero-order valence-electron chi connectivity index (χ0n) is 16.2. The van der Waals surface area contributed by atoms with E-state index < -0.39 is 0 Å². The predicted molar refractivity (Wildman–Crippen MR) is 101 cm³/mol. The molecule has 1 saturated carbocycles. The van der Waals surface area contributed by atoms with Gasteiger partial charge in [-0.3, -0.25) is 9.69 Å². The van der Waals surface area contributed by atoms with Crippen LogP contribution in [-0.2, 0) is 11.3 Å². The van der Waals surface area contributed by atoms with Gasteiger partial charge in [0.25, 0.3) is 0 Å². The molecule has 4 nitrogen and oxygen atoms in total. The van der Waals surface area contributed by atoms with E-state index in [-0.39, 0.29) is 17.3 Å². The highest BCUT2D eigenvalue weighted by Gasteiger charge is 2.29. The van der Waals surface area contributed by atoms with Gasteiger partial charge in [0.1, 0.15) is 5.82 Å². The van der Waals surface area contributed by atoms with E-state index in [1.165, 1.54) is 31.4 Å². The monoisotopic (exact) mass is 359 g/mol. The molecule has 0 heterocycles. The average Bonchev–Trinajstić information content (AvgIpc) is 2.52. The highest BCUT2D eigenvalue weighted by molar-refractivity contribution is 5.79. The number of hydrogen-bond acceptors (Lipinski definition) is 3. The van der Waals surface area contributed by atoms with Crippen LogP contribution in [0.3, 0.4) is 0 Å². The molecule has 0 atom stereocenters. The van der Waals surface area contributed by atoms with Crippen molar-refractivity contribution in [3.8, 4) is 6.07 Å². The number of nitrogens with zero attached hydrogens (tertiary/aromatic N) is 3. The molecule has 5 heteroatoms. The first-order valence-corrected chi connectivity index (χ1v) is 9.44. The lowest BCUT2D eigenvalue weighted by Gasteiger charge is -2.38. The van der Waals surface area contributed by atoms with Crippen LogP contribution in [-0.4, -0.2) is 40.9 Å². The first-order chi connectivity index (χ1) is 12.3. The van der Waals surface area contributed by atoms with Gasteiger partial charge in [-0.2, -0.15) is 5.26 Å². The molecule has 1 aliphatic rings. The Labute approximate surface area is 156 Å². The van der Waals surface area contributed by atoms with E-state index in [4.69, 9.17) is 5.26 Å². The van der Waals surface area contributed by atoms with Crippen LogP contribution < -0.4 is 0 Å². The van der Waals surface area contributed by atoms with E-state index >= 15 is 0 Å². The molecule has 0 unspecified atom stereocenters. The quantitative estimate of drug-likeness (QED) is 0.706. The molecule has 1 aliphatic carbocycles. The van der Waals surface area contributed by atoms with Gasteiger partial charge >= 0.3 is 0 Å². The summed E-state index contributed by atoms with van der Waals surface area (Å²) in [6.07, 6.45) is 4.12. The van der Waals surface area contributed by atoms with Gasteiger partial charge < -0.3 is 4.90 Å². The summed E-state index contributed by atoms with van der Waals surface area (Å²) in [6.45, 7) is 8.18. The molecule has 1 fully saturated rings. The van der Waals surface area contributed by atoms with Crippen molar-refractivity contribution in [2.24, 2.45) is 5.92 Å². The molecule has 1 amide bonds. The molecule has 0 bridgehead atoms. The molecule has 1 aromatic rings. The van der Waals surface area contributed by atoms with E-state index in [9.17, 15) is 9.18 Å². The first-order valence-electron chi connectivity index (χ1n) is 9.44. The van der Waals surface area contributed by atoms with Gasteiger partial charge in [0.15, 0.2) is 0 Å². The van der Waals surface area contributed by atoms with Crippen molar-refractivity contribution in [2.75, 3.05) is 19.6 Å². The van der Waals surface area contributed by atoms with E-state index in [1.54, 1.807) is 6.07 Å². The molecule has 26 heavy (non-hydrogen) atoms. The van der Waals surface area contributed by atoms with Crippen LogP contribution in [0.5, 0.6) is 0 Å². The molecule has 2 rings (SSSR count).